The van der Waals surface area contributed by atoms with Crippen molar-refractivity contribution in [2.45, 2.75) is 171 Å². The maximum absolute atomic E-state index is 13.2. The number of carbonyl (C=O) groups excluding carboxylic acids is 4. The van der Waals surface area contributed by atoms with E-state index in [0.717, 1.165) is 33.4 Å². The minimum atomic E-state index is -1.21. The molecule has 9 rings (SSSR count). The zero-order valence-corrected chi connectivity index (χ0v) is 60.5. The number of carbonyl (C=O) groups is 5. The number of anilines is 3. The average molecular weight is 1340 g/mol. The molecule has 522 valence electrons. The largest absolute Gasteiger partial charge is 0.513 e. The number of aromatic amines is 3. The predicted octanol–water partition coefficient (Wildman–Crippen LogP) is 16.9. The molecule has 2 amide bonds. The van der Waals surface area contributed by atoms with Crippen molar-refractivity contribution in [2.24, 2.45) is 0 Å². The van der Waals surface area contributed by atoms with Crippen molar-refractivity contribution in [1.82, 2.24) is 15.0 Å². The molecule has 9 aromatic rings. The molecule has 0 fully saturated rings. The SMILES string of the molecule is CC.CC(C)(C)c1cc(C(C)(C)C)c(NC(=O)c2c[nH]c3ccccc3c2=O)cc1O.COC(=O)Oc1cc(N)c(C(C)(C)C)cc1C(C)(C)C.COC(=O)Oc1cc(NC(=O)c2c[nH]c3ccccc3c2=O)c(C(C)(C)C)cc1C(C)(C)C.O=C(O)c1c[nH]c2ccccc2c1=O. The molecule has 0 bridgehead atoms. The highest BCUT2D eigenvalue weighted by atomic mass is 16.7. The lowest BCUT2D eigenvalue weighted by Gasteiger charge is -2.29. The maximum Gasteiger partial charge on any atom is 0.513 e. The summed E-state index contributed by atoms with van der Waals surface area (Å²) in [6.07, 6.45) is 2.46. The van der Waals surface area contributed by atoms with E-state index in [9.17, 15) is 43.5 Å². The number of phenolic OH excluding ortho intramolecular Hbond substituents is 1. The third-order valence-corrected chi connectivity index (χ3v) is 15.6. The van der Waals surface area contributed by atoms with Crippen molar-refractivity contribution in [3.05, 3.63) is 209 Å². The molecule has 0 aliphatic rings. The van der Waals surface area contributed by atoms with Gasteiger partial charge in [-0.05, 0) is 109 Å². The third-order valence-electron chi connectivity index (χ3n) is 15.6. The Morgan fingerprint density at radius 1 is 0.408 bits per heavy atom. The van der Waals surface area contributed by atoms with E-state index in [0.29, 0.717) is 55.5 Å². The number of H-pyrrole nitrogens is 3. The van der Waals surface area contributed by atoms with Crippen LogP contribution in [0.25, 0.3) is 32.7 Å². The first-order valence-corrected chi connectivity index (χ1v) is 32.1. The summed E-state index contributed by atoms with van der Waals surface area (Å²) in [6, 6.07) is 31.7. The van der Waals surface area contributed by atoms with Gasteiger partial charge in [-0.1, -0.05) is 175 Å². The molecular weight excluding hydrogens is 1240 g/mol. The molecule has 0 atom stereocenters. The van der Waals surface area contributed by atoms with Crippen LogP contribution in [0.15, 0.2) is 142 Å². The van der Waals surface area contributed by atoms with E-state index in [1.54, 1.807) is 78.9 Å². The van der Waals surface area contributed by atoms with Crippen LogP contribution in [0, 0.1) is 0 Å². The molecule has 3 heterocycles. The summed E-state index contributed by atoms with van der Waals surface area (Å²) < 4.78 is 19.9. The van der Waals surface area contributed by atoms with Crippen molar-refractivity contribution < 1.29 is 53.1 Å². The number of rotatable bonds is 7. The van der Waals surface area contributed by atoms with Gasteiger partial charge in [0.2, 0.25) is 16.3 Å². The van der Waals surface area contributed by atoms with Gasteiger partial charge < -0.3 is 60.5 Å². The number of ether oxygens (including phenoxy) is 4. The van der Waals surface area contributed by atoms with E-state index in [4.69, 9.17) is 20.3 Å². The van der Waals surface area contributed by atoms with Gasteiger partial charge in [-0.15, -0.1) is 0 Å². The molecule has 0 saturated heterocycles. The Morgan fingerprint density at radius 2 is 0.704 bits per heavy atom. The van der Waals surface area contributed by atoms with Crippen LogP contribution in [0.5, 0.6) is 17.2 Å². The highest BCUT2D eigenvalue weighted by molar-refractivity contribution is 6.07. The number of phenols is 1. The summed E-state index contributed by atoms with van der Waals surface area (Å²) in [5, 5.41) is 26.3. The first-order valence-electron chi connectivity index (χ1n) is 32.1. The average Bonchev–Trinajstić information content (AvgIpc) is 0.785. The van der Waals surface area contributed by atoms with Crippen molar-refractivity contribution in [1.29, 1.82) is 0 Å². The highest BCUT2D eigenvalue weighted by Gasteiger charge is 2.31. The van der Waals surface area contributed by atoms with Gasteiger partial charge in [-0.2, -0.15) is 0 Å². The van der Waals surface area contributed by atoms with Crippen molar-refractivity contribution in [3.8, 4) is 17.2 Å². The lowest BCUT2D eigenvalue weighted by atomic mass is 9.79. The quantitative estimate of drug-likeness (QED) is 0.0418. The van der Waals surface area contributed by atoms with Crippen LogP contribution in [0.2, 0.25) is 0 Å². The van der Waals surface area contributed by atoms with E-state index >= 15 is 0 Å². The van der Waals surface area contributed by atoms with Gasteiger partial charge in [-0.25, -0.2) is 14.4 Å². The van der Waals surface area contributed by atoms with Crippen LogP contribution in [0.4, 0.5) is 26.7 Å². The van der Waals surface area contributed by atoms with E-state index < -0.39 is 35.5 Å². The van der Waals surface area contributed by atoms with Crippen LogP contribution in [0.3, 0.4) is 0 Å². The molecule has 0 aliphatic heterocycles. The fraction of sp³-hybridized carbons (Fsp3) is 0.359. The van der Waals surface area contributed by atoms with Gasteiger partial charge in [0.15, 0.2) is 0 Å². The molecule has 6 aromatic carbocycles. The van der Waals surface area contributed by atoms with E-state index in [2.05, 4.69) is 76.6 Å². The molecule has 3 aromatic heterocycles. The second-order valence-corrected chi connectivity index (χ2v) is 29.3. The fourth-order valence-electron chi connectivity index (χ4n) is 10.4. The van der Waals surface area contributed by atoms with Gasteiger partial charge in [0.25, 0.3) is 11.8 Å². The maximum atomic E-state index is 13.2. The Kier molecular flexibility index (Phi) is 24.8. The summed E-state index contributed by atoms with van der Waals surface area (Å²) >= 11 is 0. The van der Waals surface area contributed by atoms with E-state index in [1.165, 1.54) is 32.8 Å². The Balaban J connectivity index is 0.000000244. The molecule has 20 heteroatoms. The minimum absolute atomic E-state index is 0.0103. The van der Waals surface area contributed by atoms with Gasteiger partial charge in [0.1, 0.15) is 33.9 Å². The number of nitrogens with one attached hydrogen (secondary N) is 5. The number of fused-ring (bicyclic) bond motifs is 3. The number of aromatic hydroxyl groups is 1. The number of hydrogen-bond donors (Lipinski definition) is 8. The number of pyridine rings is 3. The van der Waals surface area contributed by atoms with Gasteiger partial charge in [0, 0.05) is 97.7 Å². The lowest BCUT2D eigenvalue weighted by molar-refractivity contribution is 0.0694. The number of amides is 2. The van der Waals surface area contributed by atoms with Crippen LogP contribution in [-0.4, -0.2) is 69.5 Å². The zero-order valence-electron chi connectivity index (χ0n) is 60.5. The number of aromatic nitrogens is 3. The number of carboxylic acids is 1. The van der Waals surface area contributed by atoms with E-state index in [1.807, 2.05) is 127 Å². The van der Waals surface area contributed by atoms with Crippen LogP contribution in [0.1, 0.15) is 203 Å². The second-order valence-electron chi connectivity index (χ2n) is 29.3. The number of hydrogen-bond acceptors (Lipinski definition) is 14. The van der Waals surface area contributed by atoms with Crippen LogP contribution in [-0.2, 0) is 42.0 Å². The number of para-hydroxylation sites is 3. The van der Waals surface area contributed by atoms with Crippen LogP contribution >= 0.6 is 0 Å². The molecule has 0 aliphatic carbocycles. The molecule has 0 saturated carbocycles. The van der Waals surface area contributed by atoms with Crippen molar-refractivity contribution in [2.75, 3.05) is 30.6 Å². The number of carboxylic acid groups (broad SMARTS) is 1. The monoisotopic (exact) mass is 1340 g/mol. The summed E-state index contributed by atoms with van der Waals surface area (Å²) in [4.78, 5) is 106. The third kappa shape index (κ3) is 19.4. The topological polar surface area (TPSA) is 311 Å². The molecule has 0 spiro atoms. The van der Waals surface area contributed by atoms with Crippen molar-refractivity contribution >= 4 is 79.9 Å². The molecule has 20 nitrogen and oxygen atoms in total. The molecule has 9 N–H and O–H groups in total. The molecule has 0 unspecified atom stereocenters. The number of methoxy groups -OCH3 is 2. The zero-order chi connectivity index (χ0) is 74.0. The number of nitrogen functional groups attached to an aromatic ring is 1. The second kappa shape index (κ2) is 31.1. The lowest BCUT2D eigenvalue weighted by Crippen LogP contribution is -2.25. The Bertz CT molecular complexity index is 4610. The standard InChI is InChI=1S/C26H30N2O5.C24H28N2O3.C16H25NO3.C10H7NO3.C2H6/c1-25(2,3)17-12-18(26(4,5)6)21(33-24(31)32-7)13-20(17)28-23(30)16-14-27-19-11-9-8-10-15(19)22(16)29;1-23(2,3)16-11-17(24(4,5)6)20(27)12-19(16)26-22(29)15-13-25-18-10-8-7-9-14(18)21(15)28;1-15(2,3)10-8-11(16(4,5)6)13(9-12(10)17)20-14(18)19-7;12-9-6-3-1-2-4-8(6)11-5-7(9)10(13)14;1-2/h8-14H,1-7H3,(H,27,29)(H,28,30);7-13,27H,1-6H3,(H,25,28)(H,26,29);8-9H,17H2,1-7H3;1-5H,(H,11,12)(H,13,14);1-2H3. The van der Waals surface area contributed by atoms with Gasteiger partial charge >= 0.3 is 18.3 Å². The normalized spacial score (nSPS) is 11.6. The Morgan fingerprint density at radius 3 is 1.04 bits per heavy atom. The van der Waals surface area contributed by atoms with Gasteiger partial charge in [0.05, 0.1) is 14.2 Å². The Labute approximate surface area is 572 Å². The highest BCUT2D eigenvalue weighted by Crippen LogP contribution is 2.43. The Hall–Kier alpha value is -10.5. The number of aromatic carboxylic acids is 1. The molecule has 0 radical (unpaired) electrons. The first kappa shape index (κ1) is 78.2. The summed E-state index contributed by atoms with van der Waals surface area (Å²) in [5.74, 6) is -1.42. The summed E-state index contributed by atoms with van der Waals surface area (Å²) in [7, 11) is 2.52. The summed E-state index contributed by atoms with van der Waals surface area (Å²) in [6.45, 7) is 40.8. The van der Waals surface area contributed by atoms with Gasteiger partial charge in [-0.3, -0.25) is 24.0 Å². The minimum Gasteiger partial charge on any atom is -0.508 e. The number of nitrogens with two attached hydrogens (primary N) is 1. The van der Waals surface area contributed by atoms with E-state index in [-0.39, 0.29) is 71.5 Å². The molecular formula is C78H96N6O14. The van der Waals surface area contributed by atoms with Crippen molar-refractivity contribution in [3.63, 3.8) is 0 Å². The fourth-order valence-corrected chi connectivity index (χ4v) is 10.4. The molecule has 98 heavy (non-hydrogen) atoms. The smallest absolute Gasteiger partial charge is 0.508 e. The number of benzene rings is 6. The van der Waals surface area contributed by atoms with Crippen LogP contribution < -0.4 is 42.1 Å². The predicted molar refractivity (Wildman–Crippen MR) is 392 cm³/mol. The summed E-state index contributed by atoms with van der Waals surface area (Å²) in [5.41, 5.74) is 12.1. The first-order chi connectivity index (χ1) is 45.4.